The Morgan fingerprint density at radius 2 is 1.95 bits per heavy atom. The molecule has 0 saturated heterocycles. The summed E-state index contributed by atoms with van der Waals surface area (Å²) < 4.78 is 5.67. The summed E-state index contributed by atoms with van der Waals surface area (Å²) in [7, 11) is 0. The Bertz CT molecular complexity index is 540. The van der Waals surface area contributed by atoms with E-state index in [0.29, 0.717) is 5.75 Å². The summed E-state index contributed by atoms with van der Waals surface area (Å²) in [5, 5.41) is 11.8. The first-order valence-electron chi connectivity index (χ1n) is 6.62. The molecular formula is C16H20N2O2. The first-order chi connectivity index (χ1) is 9.43. The molecule has 4 heteroatoms. The Hall–Kier alpha value is -2.28. The number of nitriles is 1. The molecule has 0 aliphatic carbocycles. The van der Waals surface area contributed by atoms with Crippen LogP contribution >= 0.6 is 0 Å². The van der Waals surface area contributed by atoms with Crippen LogP contribution in [0.3, 0.4) is 0 Å². The standard InChI is InChI=1S/C16H20N2O2/c1-11(2)18-16(19)14(10-17)9-13-7-5-6-8-15(13)20-12(3)4/h5-9,11-12H,1-4H3,(H,18,19)/b14-9+. The van der Waals surface area contributed by atoms with Crippen molar-refractivity contribution in [3.63, 3.8) is 0 Å². The molecule has 20 heavy (non-hydrogen) atoms. The summed E-state index contributed by atoms with van der Waals surface area (Å²) in [6.45, 7) is 7.56. The number of para-hydroxylation sites is 1. The number of nitrogens with one attached hydrogen (secondary N) is 1. The zero-order valence-corrected chi connectivity index (χ0v) is 12.3. The lowest BCUT2D eigenvalue weighted by atomic mass is 10.1. The number of carbonyl (C=O) groups is 1. The number of ether oxygens (including phenoxy) is 1. The molecular weight excluding hydrogens is 252 g/mol. The lowest BCUT2D eigenvalue weighted by molar-refractivity contribution is -0.117. The van der Waals surface area contributed by atoms with E-state index in [1.54, 1.807) is 6.08 Å². The first kappa shape index (κ1) is 15.8. The highest BCUT2D eigenvalue weighted by atomic mass is 16.5. The van der Waals surface area contributed by atoms with E-state index in [-0.39, 0.29) is 23.6 Å². The van der Waals surface area contributed by atoms with Crippen molar-refractivity contribution in [1.29, 1.82) is 5.26 Å². The highest BCUT2D eigenvalue weighted by Crippen LogP contribution is 2.22. The van der Waals surface area contributed by atoms with E-state index in [0.717, 1.165) is 5.56 Å². The van der Waals surface area contributed by atoms with Crippen molar-refractivity contribution in [3.05, 3.63) is 35.4 Å². The van der Waals surface area contributed by atoms with Crippen molar-refractivity contribution in [3.8, 4) is 11.8 Å². The van der Waals surface area contributed by atoms with Gasteiger partial charge >= 0.3 is 0 Å². The molecule has 0 spiro atoms. The van der Waals surface area contributed by atoms with Gasteiger partial charge in [-0.1, -0.05) is 18.2 Å². The van der Waals surface area contributed by atoms with Crippen molar-refractivity contribution >= 4 is 12.0 Å². The highest BCUT2D eigenvalue weighted by molar-refractivity contribution is 6.02. The third-order valence-corrected chi connectivity index (χ3v) is 2.37. The van der Waals surface area contributed by atoms with Crippen molar-refractivity contribution in [2.24, 2.45) is 0 Å². The van der Waals surface area contributed by atoms with Crippen LogP contribution in [0.5, 0.6) is 5.75 Å². The van der Waals surface area contributed by atoms with Crippen molar-refractivity contribution < 1.29 is 9.53 Å². The Balaban J connectivity index is 3.07. The molecule has 0 radical (unpaired) electrons. The van der Waals surface area contributed by atoms with Gasteiger partial charge in [0.05, 0.1) is 6.10 Å². The summed E-state index contributed by atoms with van der Waals surface area (Å²) in [4.78, 5) is 11.9. The van der Waals surface area contributed by atoms with Gasteiger partial charge in [-0.25, -0.2) is 0 Å². The molecule has 0 atom stereocenters. The van der Waals surface area contributed by atoms with Crippen molar-refractivity contribution in [1.82, 2.24) is 5.32 Å². The second-order valence-electron chi connectivity index (χ2n) is 5.00. The summed E-state index contributed by atoms with van der Waals surface area (Å²) in [5.74, 6) is 0.287. The molecule has 106 valence electrons. The fourth-order valence-corrected chi connectivity index (χ4v) is 1.61. The zero-order chi connectivity index (χ0) is 15.1. The zero-order valence-electron chi connectivity index (χ0n) is 12.3. The number of rotatable bonds is 5. The number of amides is 1. The number of hydrogen-bond donors (Lipinski definition) is 1. The van der Waals surface area contributed by atoms with Gasteiger partial charge in [0.1, 0.15) is 17.4 Å². The van der Waals surface area contributed by atoms with Crippen LogP contribution in [-0.4, -0.2) is 18.1 Å². The second kappa shape index (κ2) is 7.34. The van der Waals surface area contributed by atoms with Crippen LogP contribution in [0.15, 0.2) is 29.8 Å². The van der Waals surface area contributed by atoms with E-state index in [2.05, 4.69) is 5.32 Å². The summed E-state index contributed by atoms with van der Waals surface area (Å²) in [6.07, 6.45) is 1.58. The van der Waals surface area contributed by atoms with Gasteiger partial charge in [-0.2, -0.15) is 5.26 Å². The SMILES string of the molecule is CC(C)NC(=O)/C(C#N)=C/c1ccccc1OC(C)C. The molecule has 0 fully saturated rings. The molecule has 1 aromatic rings. The Labute approximate surface area is 120 Å². The molecule has 4 nitrogen and oxygen atoms in total. The van der Waals surface area contributed by atoms with E-state index in [9.17, 15) is 4.79 Å². The predicted octanol–water partition coefficient (Wildman–Crippen LogP) is 2.91. The molecule has 0 bridgehead atoms. The largest absolute Gasteiger partial charge is 0.490 e. The molecule has 0 heterocycles. The maximum absolute atomic E-state index is 11.9. The molecule has 1 N–H and O–H groups in total. The van der Waals surface area contributed by atoms with Crippen LogP contribution in [0.1, 0.15) is 33.3 Å². The van der Waals surface area contributed by atoms with Crippen LogP contribution in [0.2, 0.25) is 0 Å². The normalized spacial score (nSPS) is 11.3. The van der Waals surface area contributed by atoms with E-state index in [1.165, 1.54) is 0 Å². The molecule has 0 aliphatic heterocycles. The number of hydrogen-bond acceptors (Lipinski definition) is 3. The van der Waals surface area contributed by atoms with Gasteiger partial charge < -0.3 is 10.1 Å². The lowest BCUT2D eigenvalue weighted by Crippen LogP contribution is -2.30. The van der Waals surface area contributed by atoms with Crippen molar-refractivity contribution in [2.75, 3.05) is 0 Å². The minimum absolute atomic E-state index is 0.0126. The van der Waals surface area contributed by atoms with Crippen LogP contribution in [0, 0.1) is 11.3 Å². The molecule has 1 amide bonds. The van der Waals surface area contributed by atoms with Gasteiger partial charge in [0.2, 0.25) is 0 Å². The van der Waals surface area contributed by atoms with Crippen LogP contribution in [0.4, 0.5) is 0 Å². The Morgan fingerprint density at radius 1 is 1.30 bits per heavy atom. The van der Waals surface area contributed by atoms with Gasteiger partial charge in [-0.3, -0.25) is 4.79 Å². The molecule has 1 aromatic carbocycles. The minimum atomic E-state index is -0.373. The topological polar surface area (TPSA) is 62.1 Å². The van der Waals surface area contributed by atoms with Gasteiger partial charge in [0.25, 0.3) is 5.91 Å². The van der Waals surface area contributed by atoms with Crippen LogP contribution in [0.25, 0.3) is 6.08 Å². The molecule has 0 unspecified atom stereocenters. The van der Waals surface area contributed by atoms with Crippen molar-refractivity contribution in [2.45, 2.75) is 39.8 Å². The fraction of sp³-hybridized carbons (Fsp3) is 0.375. The average Bonchev–Trinajstić information content (AvgIpc) is 2.36. The van der Waals surface area contributed by atoms with Gasteiger partial charge in [-0.15, -0.1) is 0 Å². The molecule has 0 aromatic heterocycles. The maximum atomic E-state index is 11.9. The summed E-state index contributed by atoms with van der Waals surface area (Å²) in [5.41, 5.74) is 0.787. The summed E-state index contributed by atoms with van der Waals surface area (Å²) in [6, 6.07) is 9.25. The monoisotopic (exact) mass is 272 g/mol. The van der Waals surface area contributed by atoms with E-state index in [4.69, 9.17) is 10.00 Å². The molecule has 1 rings (SSSR count). The third-order valence-electron chi connectivity index (χ3n) is 2.37. The third kappa shape index (κ3) is 4.77. The highest BCUT2D eigenvalue weighted by Gasteiger charge is 2.11. The predicted molar refractivity (Wildman–Crippen MR) is 79.1 cm³/mol. The fourth-order valence-electron chi connectivity index (χ4n) is 1.61. The van der Waals surface area contributed by atoms with Gasteiger partial charge in [0, 0.05) is 11.6 Å². The second-order valence-corrected chi connectivity index (χ2v) is 5.00. The average molecular weight is 272 g/mol. The lowest BCUT2D eigenvalue weighted by Gasteiger charge is -2.12. The Morgan fingerprint density at radius 3 is 2.50 bits per heavy atom. The van der Waals surface area contributed by atoms with Gasteiger partial charge in [-0.05, 0) is 39.8 Å². The van der Waals surface area contributed by atoms with Gasteiger partial charge in [0.15, 0.2) is 0 Å². The number of benzene rings is 1. The molecule has 0 aliphatic rings. The van der Waals surface area contributed by atoms with Crippen LogP contribution in [-0.2, 0) is 4.79 Å². The molecule has 0 saturated carbocycles. The number of carbonyl (C=O) groups excluding carboxylic acids is 1. The summed E-state index contributed by atoms with van der Waals surface area (Å²) >= 11 is 0. The van der Waals surface area contributed by atoms with E-state index in [1.807, 2.05) is 58.0 Å². The quantitative estimate of drug-likeness (QED) is 0.662. The minimum Gasteiger partial charge on any atom is -0.490 e. The maximum Gasteiger partial charge on any atom is 0.262 e. The Kier molecular flexibility index (Phi) is 5.79. The van der Waals surface area contributed by atoms with E-state index >= 15 is 0 Å². The number of nitrogens with zero attached hydrogens (tertiary/aromatic N) is 1. The smallest absolute Gasteiger partial charge is 0.262 e. The van der Waals surface area contributed by atoms with E-state index < -0.39 is 0 Å². The van der Waals surface area contributed by atoms with Crippen LogP contribution < -0.4 is 10.1 Å². The first-order valence-corrected chi connectivity index (χ1v) is 6.62.